The van der Waals surface area contributed by atoms with Gasteiger partial charge in [-0.05, 0) is 37.3 Å². The fourth-order valence-corrected chi connectivity index (χ4v) is 3.87. The summed E-state index contributed by atoms with van der Waals surface area (Å²) < 4.78 is 5.09. The molecule has 1 N–H and O–H groups in total. The maximum Gasteiger partial charge on any atom is 0.329 e. The van der Waals surface area contributed by atoms with Crippen LogP contribution < -0.4 is 5.32 Å². The molecule has 1 heterocycles. The van der Waals surface area contributed by atoms with E-state index < -0.39 is 36.4 Å². The predicted octanol–water partition coefficient (Wildman–Crippen LogP) is 2.63. The molecule has 1 aliphatic carbocycles. The predicted molar refractivity (Wildman–Crippen MR) is 107 cm³/mol. The second-order valence-electron chi connectivity index (χ2n) is 7.78. The van der Waals surface area contributed by atoms with Crippen LogP contribution in [-0.2, 0) is 23.9 Å². The summed E-state index contributed by atoms with van der Waals surface area (Å²) in [6, 6.07) is 6.36. The molecule has 1 aliphatic heterocycles. The summed E-state index contributed by atoms with van der Waals surface area (Å²) in [5.41, 5.74) is 1.64. The molecular formula is C22H26N2O5. The molecule has 1 saturated heterocycles. The Hall–Kier alpha value is -2.96. The second kappa shape index (κ2) is 8.59. The Morgan fingerprint density at radius 1 is 1.07 bits per heavy atom. The number of hydrogen-bond acceptors (Lipinski definition) is 5. The van der Waals surface area contributed by atoms with Crippen molar-refractivity contribution in [3.8, 4) is 0 Å². The monoisotopic (exact) mass is 398 g/mol. The normalized spacial score (nSPS) is 21.9. The van der Waals surface area contributed by atoms with E-state index in [1.807, 2.05) is 44.2 Å². The molecule has 0 aromatic heterocycles. The number of ether oxygens (including phenoxy) is 1. The first-order chi connectivity index (χ1) is 13.8. The van der Waals surface area contributed by atoms with Gasteiger partial charge in [0, 0.05) is 5.69 Å². The topological polar surface area (TPSA) is 92.8 Å². The number of allylic oxidation sites excluding steroid dienone is 2. The van der Waals surface area contributed by atoms with Crippen LogP contribution in [0.4, 0.5) is 5.69 Å². The molecule has 0 bridgehead atoms. The molecule has 3 rings (SSSR count). The zero-order valence-corrected chi connectivity index (χ0v) is 16.9. The van der Waals surface area contributed by atoms with E-state index in [0.29, 0.717) is 18.5 Å². The highest BCUT2D eigenvalue weighted by Crippen LogP contribution is 2.36. The van der Waals surface area contributed by atoms with Gasteiger partial charge in [0.15, 0.2) is 6.61 Å². The summed E-state index contributed by atoms with van der Waals surface area (Å²) >= 11 is 0. The summed E-state index contributed by atoms with van der Waals surface area (Å²) in [6.07, 6.45) is 4.78. The van der Waals surface area contributed by atoms with Gasteiger partial charge in [-0.15, -0.1) is 0 Å². The van der Waals surface area contributed by atoms with Crippen molar-refractivity contribution >= 4 is 29.4 Å². The molecule has 7 nitrogen and oxygen atoms in total. The number of benzene rings is 1. The number of likely N-dealkylation sites (tertiary alicyclic amines) is 1. The average molecular weight is 398 g/mol. The number of hydrogen-bond donors (Lipinski definition) is 1. The highest BCUT2D eigenvalue weighted by atomic mass is 16.5. The van der Waals surface area contributed by atoms with Crippen molar-refractivity contribution in [2.75, 3.05) is 11.9 Å². The van der Waals surface area contributed by atoms with E-state index in [9.17, 15) is 19.2 Å². The van der Waals surface area contributed by atoms with Crippen molar-refractivity contribution in [1.82, 2.24) is 4.90 Å². The molecular weight excluding hydrogens is 372 g/mol. The lowest BCUT2D eigenvalue weighted by Crippen LogP contribution is -2.45. The quantitative estimate of drug-likeness (QED) is 0.452. The molecule has 3 atom stereocenters. The van der Waals surface area contributed by atoms with Gasteiger partial charge in [-0.3, -0.25) is 19.3 Å². The maximum atomic E-state index is 12.6. The minimum Gasteiger partial charge on any atom is -0.454 e. The SMILES string of the molecule is CC(C)c1ccccc1NC(=O)COC(=O)[C@H](C)N1C(=O)[C@@H]2CC=CC[C@H]2C1=O. The van der Waals surface area contributed by atoms with E-state index in [1.165, 1.54) is 6.92 Å². The molecule has 154 valence electrons. The summed E-state index contributed by atoms with van der Waals surface area (Å²) in [6.45, 7) is 5.00. The Morgan fingerprint density at radius 2 is 1.66 bits per heavy atom. The number of rotatable bonds is 6. The number of amides is 3. The molecule has 0 spiro atoms. The fraction of sp³-hybridized carbons (Fsp3) is 0.455. The van der Waals surface area contributed by atoms with Gasteiger partial charge in [0.05, 0.1) is 11.8 Å². The molecule has 0 unspecified atom stereocenters. The second-order valence-corrected chi connectivity index (χ2v) is 7.78. The smallest absolute Gasteiger partial charge is 0.329 e. The van der Waals surface area contributed by atoms with E-state index in [4.69, 9.17) is 4.74 Å². The number of carbonyl (C=O) groups is 4. The third-order valence-electron chi connectivity index (χ3n) is 5.47. The van der Waals surface area contributed by atoms with Crippen LogP contribution in [0.5, 0.6) is 0 Å². The number of imide groups is 1. The van der Waals surface area contributed by atoms with E-state index in [-0.39, 0.29) is 17.7 Å². The minimum absolute atomic E-state index is 0.222. The molecule has 0 radical (unpaired) electrons. The Labute approximate surface area is 170 Å². The number of nitrogens with zero attached hydrogens (tertiary/aromatic N) is 1. The van der Waals surface area contributed by atoms with E-state index >= 15 is 0 Å². The van der Waals surface area contributed by atoms with Crippen LogP contribution >= 0.6 is 0 Å². The van der Waals surface area contributed by atoms with Crippen LogP contribution in [0, 0.1) is 11.8 Å². The van der Waals surface area contributed by atoms with E-state index in [0.717, 1.165) is 10.5 Å². The number of para-hydroxylation sites is 1. The molecule has 0 saturated carbocycles. The van der Waals surface area contributed by atoms with Gasteiger partial charge in [-0.25, -0.2) is 4.79 Å². The lowest BCUT2D eigenvalue weighted by molar-refractivity contribution is -0.159. The Morgan fingerprint density at radius 3 is 2.24 bits per heavy atom. The number of anilines is 1. The van der Waals surface area contributed by atoms with Gasteiger partial charge in [0.1, 0.15) is 6.04 Å². The number of nitrogens with one attached hydrogen (secondary N) is 1. The average Bonchev–Trinajstić information content (AvgIpc) is 2.96. The van der Waals surface area contributed by atoms with Crippen LogP contribution in [0.15, 0.2) is 36.4 Å². The van der Waals surface area contributed by atoms with Crippen molar-refractivity contribution in [3.05, 3.63) is 42.0 Å². The first-order valence-corrected chi connectivity index (χ1v) is 9.88. The first kappa shape index (κ1) is 20.8. The number of fused-ring (bicyclic) bond motifs is 1. The molecule has 2 aliphatic rings. The first-order valence-electron chi connectivity index (χ1n) is 9.88. The third-order valence-corrected chi connectivity index (χ3v) is 5.47. The third kappa shape index (κ3) is 4.23. The standard InChI is InChI=1S/C22H26N2O5/c1-13(2)15-8-6-7-11-18(15)23-19(25)12-29-22(28)14(3)24-20(26)16-9-4-5-10-17(16)21(24)27/h4-8,11,13-14,16-17H,9-10,12H2,1-3H3,(H,23,25)/t14-,16+,17+/m0/s1. The van der Waals surface area contributed by atoms with Crippen molar-refractivity contribution in [1.29, 1.82) is 0 Å². The summed E-state index contributed by atoms with van der Waals surface area (Å²) in [7, 11) is 0. The van der Waals surface area contributed by atoms with Crippen LogP contribution in [-0.4, -0.2) is 41.2 Å². The number of esters is 1. The largest absolute Gasteiger partial charge is 0.454 e. The maximum absolute atomic E-state index is 12.6. The summed E-state index contributed by atoms with van der Waals surface area (Å²) in [5, 5.41) is 2.74. The Kier molecular flexibility index (Phi) is 6.15. The molecule has 1 fully saturated rings. The van der Waals surface area contributed by atoms with E-state index in [2.05, 4.69) is 5.32 Å². The van der Waals surface area contributed by atoms with E-state index in [1.54, 1.807) is 6.07 Å². The van der Waals surface area contributed by atoms with Crippen LogP contribution in [0.25, 0.3) is 0 Å². The minimum atomic E-state index is -1.06. The Bertz CT molecular complexity index is 835. The van der Waals surface area contributed by atoms with Gasteiger partial charge in [-0.1, -0.05) is 44.2 Å². The van der Waals surface area contributed by atoms with Crippen molar-refractivity contribution in [3.63, 3.8) is 0 Å². The van der Waals surface area contributed by atoms with Crippen LogP contribution in [0.3, 0.4) is 0 Å². The lowest BCUT2D eigenvalue weighted by atomic mass is 9.85. The zero-order chi connectivity index (χ0) is 21.1. The lowest BCUT2D eigenvalue weighted by Gasteiger charge is -2.21. The highest BCUT2D eigenvalue weighted by molar-refractivity contribution is 6.08. The Balaban J connectivity index is 1.57. The molecule has 1 aromatic rings. The molecule has 1 aromatic carbocycles. The number of carbonyl (C=O) groups excluding carboxylic acids is 4. The van der Waals surface area contributed by atoms with Crippen molar-refractivity contribution < 1.29 is 23.9 Å². The van der Waals surface area contributed by atoms with Gasteiger partial charge in [-0.2, -0.15) is 0 Å². The van der Waals surface area contributed by atoms with Crippen molar-refractivity contribution in [2.45, 2.75) is 45.6 Å². The highest BCUT2D eigenvalue weighted by Gasteiger charge is 2.50. The van der Waals surface area contributed by atoms with Gasteiger partial charge < -0.3 is 10.1 Å². The molecule has 29 heavy (non-hydrogen) atoms. The molecule has 3 amide bonds. The van der Waals surface area contributed by atoms with Gasteiger partial charge >= 0.3 is 5.97 Å². The summed E-state index contributed by atoms with van der Waals surface area (Å²) in [4.78, 5) is 50.7. The fourth-order valence-electron chi connectivity index (χ4n) is 3.87. The summed E-state index contributed by atoms with van der Waals surface area (Å²) in [5.74, 6) is -2.52. The van der Waals surface area contributed by atoms with Crippen LogP contribution in [0.2, 0.25) is 0 Å². The van der Waals surface area contributed by atoms with Crippen molar-refractivity contribution in [2.24, 2.45) is 11.8 Å². The van der Waals surface area contributed by atoms with Crippen LogP contribution in [0.1, 0.15) is 45.1 Å². The molecule has 7 heteroatoms. The zero-order valence-electron chi connectivity index (χ0n) is 16.9. The van der Waals surface area contributed by atoms with Gasteiger partial charge in [0.25, 0.3) is 5.91 Å². The van der Waals surface area contributed by atoms with Gasteiger partial charge in [0.2, 0.25) is 11.8 Å².